The zero-order valence-corrected chi connectivity index (χ0v) is 16.2. The molecule has 156 valence electrons. The van der Waals surface area contributed by atoms with Crippen LogP contribution < -0.4 is 15.0 Å². The Morgan fingerprint density at radius 1 is 1.07 bits per heavy atom. The SMILES string of the molecule is CCOc1ccc(NC(=O)CN2CCN(c3cccc(C(F)(F)F)c3)CC2)cc1. The van der Waals surface area contributed by atoms with Crippen molar-refractivity contribution in [1.82, 2.24) is 4.90 Å². The first-order valence-electron chi connectivity index (χ1n) is 9.52. The molecule has 8 heteroatoms. The summed E-state index contributed by atoms with van der Waals surface area (Å²) in [5.41, 5.74) is 0.603. The van der Waals surface area contributed by atoms with Crippen molar-refractivity contribution < 1.29 is 22.7 Å². The van der Waals surface area contributed by atoms with Gasteiger partial charge in [0.05, 0.1) is 18.7 Å². The highest BCUT2D eigenvalue weighted by molar-refractivity contribution is 5.92. The zero-order valence-electron chi connectivity index (χ0n) is 16.2. The van der Waals surface area contributed by atoms with Crippen LogP contribution >= 0.6 is 0 Å². The van der Waals surface area contributed by atoms with E-state index in [9.17, 15) is 18.0 Å². The molecule has 0 bridgehead atoms. The van der Waals surface area contributed by atoms with Gasteiger partial charge < -0.3 is 15.0 Å². The molecule has 1 amide bonds. The number of hydrogen-bond donors (Lipinski definition) is 1. The topological polar surface area (TPSA) is 44.8 Å². The Bertz CT molecular complexity index is 817. The molecule has 3 rings (SSSR count). The number of nitrogens with zero attached hydrogens (tertiary/aromatic N) is 2. The second-order valence-electron chi connectivity index (χ2n) is 6.82. The molecule has 1 fully saturated rings. The molecule has 0 aromatic heterocycles. The van der Waals surface area contributed by atoms with Gasteiger partial charge in [-0.2, -0.15) is 13.2 Å². The molecule has 0 spiro atoms. The van der Waals surface area contributed by atoms with Crippen molar-refractivity contribution in [2.24, 2.45) is 0 Å². The number of ether oxygens (including phenoxy) is 1. The van der Waals surface area contributed by atoms with Crippen LogP contribution in [0.1, 0.15) is 12.5 Å². The molecule has 2 aromatic rings. The van der Waals surface area contributed by atoms with Crippen molar-refractivity contribution in [3.63, 3.8) is 0 Å². The summed E-state index contributed by atoms with van der Waals surface area (Å²) in [5.74, 6) is 0.623. The van der Waals surface area contributed by atoms with Gasteiger partial charge in [-0.15, -0.1) is 0 Å². The molecular formula is C21H24F3N3O2. The molecule has 1 aliphatic heterocycles. The second kappa shape index (κ2) is 9.17. The van der Waals surface area contributed by atoms with E-state index >= 15 is 0 Å². The predicted octanol–water partition coefficient (Wildman–Crippen LogP) is 3.86. The Hall–Kier alpha value is -2.74. The predicted molar refractivity (Wildman–Crippen MR) is 106 cm³/mol. The highest BCUT2D eigenvalue weighted by atomic mass is 19.4. The Balaban J connectivity index is 1.49. The van der Waals surface area contributed by atoms with Crippen molar-refractivity contribution >= 4 is 17.3 Å². The molecule has 29 heavy (non-hydrogen) atoms. The van der Waals surface area contributed by atoms with E-state index in [4.69, 9.17) is 4.74 Å². The lowest BCUT2D eigenvalue weighted by Gasteiger charge is -2.36. The van der Waals surface area contributed by atoms with Gasteiger partial charge in [0, 0.05) is 37.6 Å². The molecule has 2 aromatic carbocycles. The van der Waals surface area contributed by atoms with E-state index in [-0.39, 0.29) is 12.5 Å². The number of carbonyl (C=O) groups excluding carboxylic acids is 1. The van der Waals surface area contributed by atoms with Crippen LogP contribution in [-0.2, 0) is 11.0 Å². The van der Waals surface area contributed by atoms with E-state index in [0.717, 1.165) is 11.8 Å². The minimum Gasteiger partial charge on any atom is -0.494 e. The van der Waals surface area contributed by atoms with Gasteiger partial charge in [0.25, 0.3) is 0 Å². The van der Waals surface area contributed by atoms with Gasteiger partial charge in [-0.1, -0.05) is 6.07 Å². The summed E-state index contributed by atoms with van der Waals surface area (Å²) in [6, 6.07) is 12.5. The van der Waals surface area contributed by atoms with Crippen molar-refractivity contribution in [3.8, 4) is 5.75 Å². The van der Waals surface area contributed by atoms with Crippen LogP contribution in [0.2, 0.25) is 0 Å². The minimum absolute atomic E-state index is 0.123. The third-order valence-corrected chi connectivity index (χ3v) is 4.73. The fourth-order valence-electron chi connectivity index (χ4n) is 3.25. The first kappa shape index (κ1) is 21.0. The summed E-state index contributed by atoms with van der Waals surface area (Å²) in [6.45, 7) is 5.07. The van der Waals surface area contributed by atoms with Crippen LogP contribution in [0, 0.1) is 0 Å². The monoisotopic (exact) mass is 407 g/mol. The molecule has 0 radical (unpaired) electrons. The summed E-state index contributed by atoms with van der Waals surface area (Å²) < 4.78 is 44.1. The number of benzene rings is 2. The maximum atomic E-state index is 12.9. The average molecular weight is 407 g/mol. The summed E-state index contributed by atoms with van der Waals surface area (Å²) in [4.78, 5) is 16.2. The first-order chi connectivity index (χ1) is 13.8. The molecule has 0 atom stereocenters. The highest BCUT2D eigenvalue weighted by Gasteiger charge is 2.31. The fraction of sp³-hybridized carbons (Fsp3) is 0.381. The van der Waals surface area contributed by atoms with E-state index in [0.29, 0.717) is 44.2 Å². The van der Waals surface area contributed by atoms with Crippen molar-refractivity contribution in [2.75, 3.05) is 49.5 Å². The Kier molecular flexibility index (Phi) is 6.64. The number of rotatable bonds is 6. The standard InChI is InChI=1S/C21H24F3N3O2/c1-2-29-19-8-6-17(7-9-19)25-20(28)15-26-10-12-27(13-11-26)18-5-3-4-16(14-18)21(22,23)24/h3-9,14H,2,10-13,15H2,1H3,(H,25,28). The molecule has 1 aliphatic rings. The molecule has 1 saturated heterocycles. The maximum absolute atomic E-state index is 12.9. The summed E-state index contributed by atoms with van der Waals surface area (Å²) in [6.07, 6.45) is -4.35. The van der Waals surface area contributed by atoms with Gasteiger partial charge >= 0.3 is 6.18 Å². The highest BCUT2D eigenvalue weighted by Crippen LogP contribution is 2.31. The van der Waals surface area contributed by atoms with Gasteiger partial charge in [0.15, 0.2) is 0 Å². The lowest BCUT2D eigenvalue weighted by molar-refractivity contribution is -0.137. The maximum Gasteiger partial charge on any atom is 0.416 e. The lowest BCUT2D eigenvalue weighted by Crippen LogP contribution is -2.48. The number of anilines is 2. The number of carbonyl (C=O) groups is 1. The van der Waals surface area contributed by atoms with Crippen LogP contribution in [0.25, 0.3) is 0 Å². The van der Waals surface area contributed by atoms with Crippen molar-refractivity contribution in [2.45, 2.75) is 13.1 Å². The van der Waals surface area contributed by atoms with Crippen LogP contribution in [0.3, 0.4) is 0 Å². The molecule has 0 aliphatic carbocycles. The number of nitrogens with one attached hydrogen (secondary N) is 1. The van der Waals surface area contributed by atoms with Crippen molar-refractivity contribution in [3.05, 3.63) is 54.1 Å². The van der Waals surface area contributed by atoms with E-state index in [1.54, 1.807) is 30.3 Å². The lowest BCUT2D eigenvalue weighted by atomic mass is 10.1. The smallest absolute Gasteiger partial charge is 0.416 e. The van der Waals surface area contributed by atoms with Crippen molar-refractivity contribution in [1.29, 1.82) is 0 Å². The van der Waals surface area contributed by atoms with Gasteiger partial charge in [-0.25, -0.2) is 0 Å². The van der Waals surface area contributed by atoms with Gasteiger partial charge in [-0.05, 0) is 49.4 Å². The zero-order chi connectivity index (χ0) is 20.9. The largest absolute Gasteiger partial charge is 0.494 e. The van der Waals surface area contributed by atoms with Gasteiger partial charge in [0.1, 0.15) is 5.75 Å². The van der Waals surface area contributed by atoms with Crippen LogP contribution in [0.5, 0.6) is 5.75 Å². The number of amides is 1. The molecule has 0 saturated carbocycles. The molecule has 0 unspecified atom stereocenters. The van der Waals surface area contributed by atoms with Crippen LogP contribution in [0.4, 0.5) is 24.5 Å². The average Bonchev–Trinajstić information content (AvgIpc) is 2.70. The van der Waals surface area contributed by atoms with Crippen LogP contribution in [0.15, 0.2) is 48.5 Å². The van der Waals surface area contributed by atoms with Gasteiger partial charge in [-0.3, -0.25) is 9.69 Å². The quantitative estimate of drug-likeness (QED) is 0.790. The number of alkyl halides is 3. The Morgan fingerprint density at radius 2 is 1.76 bits per heavy atom. The molecule has 5 nitrogen and oxygen atoms in total. The second-order valence-corrected chi connectivity index (χ2v) is 6.82. The van der Waals surface area contributed by atoms with E-state index in [1.165, 1.54) is 12.1 Å². The number of hydrogen-bond acceptors (Lipinski definition) is 4. The number of halogens is 3. The third-order valence-electron chi connectivity index (χ3n) is 4.73. The molecule has 1 N–H and O–H groups in total. The van der Waals surface area contributed by atoms with E-state index in [2.05, 4.69) is 5.32 Å². The first-order valence-corrected chi connectivity index (χ1v) is 9.52. The minimum atomic E-state index is -4.35. The van der Waals surface area contributed by atoms with E-state index in [1.807, 2.05) is 16.7 Å². The summed E-state index contributed by atoms with van der Waals surface area (Å²) >= 11 is 0. The van der Waals surface area contributed by atoms with Gasteiger partial charge in [0.2, 0.25) is 5.91 Å². The molecule has 1 heterocycles. The Morgan fingerprint density at radius 3 is 2.38 bits per heavy atom. The normalized spacial score (nSPS) is 15.2. The third kappa shape index (κ3) is 5.87. The fourth-order valence-corrected chi connectivity index (χ4v) is 3.25. The Labute approximate surface area is 168 Å². The van der Waals surface area contributed by atoms with E-state index < -0.39 is 11.7 Å². The summed E-state index contributed by atoms with van der Waals surface area (Å²) in [5, 5.41) is 2.85. The molecular weight excluding hydrogens is 383 g/mol. The number of piperazine rings is 1. The van der Waals surface area contributed by atoms with Crippen LogP contribution in [-0.4, -0.2) is 50.1 Å². The summed E-state index contributed by atoms with van der Waals surface area (Å²) in [7, 11) is 0.